The molecule has 110 valence electrons. The highest BCUT2D eigenvalue weighted by Crippen LogP contribution is 2.29. The minimum absolute atomic E-state index is 0.658. The van der Waals surface area contributed by atoms with Crippen LogP contribution in [0.15, 0.2) is 64.4 Å². The van der Waals surface area contributed by atoms with E-state index in [2.05, 4.69) is 15.5 Å². The van der Waals surface area contributed by atoms with Gasteiger partial charge in [0.05, 0.1) is 18.1 Å². The van der Waals surface area contributed by atoms with Crippen LogP contribution in [0.1, 0.15) is 11.3 Å². The summed E-state index contributed by atoms with van der Waals surface area (Å²) in [6.07, 6.45) is 5.03. The molecular formula is C17H14ClN3O. The van der Waals surface area contributed by atoms with Crippen LogP contribution in [-0.2, 0) is 0 Å². The second-order valence-corrected chi connectivity index (χ2v) is 5.13. The summed E-state index contributed by atoms with van der Waals surface area (Å²) in [6.45, 7) is 1.97. The van der Waals surface area contributed by atoms with Crippen LogP contribution < -0.4 is 5.43 Å². The van der Waals surface area contributed by atoms with Crippen molar-refractivity contribution in [3.05, 3.63) is 71.2 Å². The summed E-state index contributed by atoms with van der Waals surface area (Å²) in [5.74, 6) is 1.42. The molecule has 1 N–H and O–H groups in total. The van der Waals surface area contributed by atoms with E-state index in [0.29, 0.717) is 5.76 Å². The Balaban J connectivity index is 1.75. The third-order valence-electron chi connectivity index (χ3n) is 3.21. The Morgan fingerprint density at radius 1 is 1.18 bits per heavy atom. The summed E-state index contributed by atoms with van der Waals surface area (Å²) in [7, 11) is 0. The first-order valence-electron chi connectivity index (χ1n) is 6.78. The number of nitrogens with one attached hydrogen (secondary N) is 1. The van der Waals surface area contributed by atoms with Gasteiger partial charge in [0.15, 0.2) is 0 Å². The number of aromatic nitrogens is 1. The summed E-state index contributed by atoms with van der Waals surface area (Å²) < 4.78 is 5.78. The number of hydrazone groups is 1. The molecule has 0 aliphatic heterocycles. The van der Waals surface area contributed by atoms with E-state index in [1.807, 2.05) is 49.4 Å². The second-order valence-electron chi connectivity index (χ2n) is 4.73. The van der Waals surface area contributed by atoms with E-state index in [9.17, 15) is 0 Å². The largest absolute Gasteiger partial charge is 0.455 e. The molecule has 3 aromatic rings. The lowest BCUT2D eigenvalue weighted by atomic mass is 10.1. The Bertz CT molecular complexity index is 797. The van der Waals surface area contributed by atoms with E-state index >= 15 is 0 Å². The summed E-state index contributed by atoms with van der Waals surface area (Å²) in [5.41, 5.74) is 5.68. The zero-order valence-corrected chi connectivity index (χ0v) is 12.7. The lowest BCUT2D eigenvalue weighted by Gasteiger charge is -2.03. The SMILES string of the molecule is Cc1c(Cl)cccc1-c1ccc(/C=N/Nc2cccnc2)o1. The molecule has 0 atom stereocenters. The van der Waals surface area contributed by atoms with Crippen molar-refractivity contribution in [1.82, 2.24) is 4.98 Å². The molecule has 0 saturated carbocycles. The molecule has 2 heterocycles. The monoisotopic (exact) mass is 311 g/mol. The molecule has 0 aliphatic carbocycles. The third-order valence-corrected chi connectivity index (χ3v) is 3.62. The Morgan fingerprint density at radius 2 is 2.09 bits per heavy atom. The molecule has 0 radical (unpaired) electrons. The van der Waals surface area contributed by atoms with Gasteiger partial charge in [-0.3, -0.25) is 10.4 Å². The molecule has 4 nitrogen and oxygen atoms in total. The first-order chi connectivity index (χ1) is 10.7. The molecule has 0 aliphatic rings. The number of hydrogen-bond donors (Lipinski definition) is 1. The third kappa shape index (κ3) is 3.18. The normalized spacial score (nSPS) is 11.0. The highest BCUT2D eigenvalue weighted by Gasteiger charge is 2.08. The van der Waals surface area contributed by atoms with Crippen molar-refractivity contribution < 1.29 is 4.42 Å². The Morgan fingerprint density at radius 3 is 2.91 bits per heavy atom. The van der Waals surface area contributed by atoms with E-state index < -0.39 is 0 Å². The minimum Gasteiger partial charge on any atom is -0.455 e. The van der Waals surface area contributed by atoms with Gasteiger partial charge in [-0.2, -0.15) is 5.10 Å². The van der Waals surface area contributed by atoms with Gasteiger partial charge in [-0.15, -0.1) is 0 Å². The molecule has 0 bridgehead atoms. The minimum atomic E-state index is 0.658. The molecule has 5 heteroatoms. The van der Waals surface area contributed by atoms with Gasteiger partial charge < -0.3 is 4.42 Å². The van der Waals surface area contributed by atoms with Crippen LogP contribution in [0.2, 0.25) is 5.02 Å². The number of halogens is 1. The smallest absolute Gasteiger partial charge is 0.147 e. The number of anilines is 1. The number of nitrogens with zero attached hydrogens (tertiary/aromatic N) is 2. The van der Waals surface area contributed by atoms with Gasteiger partial charge in [-0.1, -0.05) is 23.7 Å². The van der Waals surface area contributed by atoms with Crippen LogP contribution in [0.3, 0.4) is 0 Å². The first-order valence-corrected chi connectivity index (χ1v) is 7.16. The predicted octanol–water partition coefficient (Wildman–Crippen LogP) is 4.75. The zero-order valence-electron chi connectivity index (χ0n) is 12.0. The fraction of sp³-hybridized carbons (Fsp3) is 0.0588. The standard InChI is InChI=1S/C17H14ClN3O/c1-12-15(5-2-6-16(12)18)17-8-7-14(22-17)11-20-21-13-4-3-9-19-10-13/h2-11,21H,1H3/b20-11+. The maximum atomic E-state index is 6.14. The van der Waals surface area contributed by atoms with Crippen molar-refractivity contribution >= 4 is 23.5 Å². The van der Waals surface area contributed by atoms with Crippen LogP contribution in [0.25, 0.3) is 11.3 Å². The second kappa shape index (κ2) is 6.45. The Hall–Kier alpha value is -2.59. The average Bonchev–Trinajstić information content (AvgIpc) is 3.00. The highest BCUT2D eigenvalue weighted by molar-refractivity contribution is 6.31. The maximum Gasteiger partial charge on any atom is 0.147 e. The van der Waals surface area contributed by atoms with Crippen LogP contribution >= 0.6 is 11.6 Å². The number of pyridine rings is 1. The van der Waals surface area contributed by atoms with Gasteiger partial charge in [-0.05, 0) is 42.8 Å². The average molecular weight is 312 g/mol. The summed E-state index contributed by atoms with van der Waals surface area (Å²) >= 11 is 6.14. The van der Waals surface area contributed by atoms with E-state index in [4.69, 9.17) is 16.0 Å². The van der Waals surface area contributed by atoms with Gasteiger partial charge in [0, 0.05) is 16.8 Å². The lowest BCUT2D eigenvalue weighted by Crippen LogP contribution is -1.89. The summed E-state index contributed by atoms with van der Waals surface area (Å²) in [4.78, 5) is 4.00. The van der Waals surface area contributed by atoms with Gasteiger partial charge in [-0.25, -0.2) is 0 Å². The summed E-state index contributed by atoms with van der Waals surface area (Å²) in [6, 6.07) is 13.2. The van der Waals surface area contributed by atoms with E-state index in [1.165, 1.54) is 0 Å². The molecule has 2 aromatic heterocycles. The summed E-state index contributed by atoms with van der Waals surface area (Å²) in [5, 5.41) is 4.85. The molecule has 0 unspecified atom stereocenters. The van der Waals surface area contributed by atoms with Crippen LogP contribution in [0.5, 0.6) is 0 Å². The van der Waals surface area contributed by atoms with Gasteiger partial charge in [0.2, 0.25) is 0 Å². The van der Waals surface area contributed by atoms with E-state index in [0.717, 1.165) is 27.6 Å². The molecule has 22 heavy (non-hydrogen) atoms. The van der Waals surface area contributed by atoms with E-state index in [-0.39, 0.29) is 0 Å². The zero-order chi connectivity index (χ0) is 15.4. The van der Waals surface area contributed by atoms with Crippen molar-refractivity contribution in [2.24, 2.45) is 5.10 Å². The maximum absolute atomic E-state index is 6.14. The topological polar surface area (TPSA) is 50.4 Å². The van der Waals surface area contributed by atoms with Crippen molar-refractivity contribution in [3.63, 3.8) is 0 Å². The molecule has 0 amide bonds. The van der Waals surface area contributed by atoms with Crippen LogP contribution in [0, 0.1) is 6.92 Å². The predicted molar refractivity (Wildman–Crippen MR) is 89.3 cm³/mol. The molecule has 0 spiro atoms. The van der Waals surface area contributed by atoms with Crippen molar-refractivity contribution in [1.29, 1.82) is 0 Å². The van der Waals surface area contributed by atoms with Gasteiger partial charge in [0.1, 0.15) is 11.5 Å². The molecule has 1 aromatic carbocycles. The highest BCUT2D eigenvalue weighted by atomic mass is 35.5. The number of furan rings is 1. The number of hydrogen-bond acceptors (Lipinski definition) is 4. The van der Waals surface area contributed by atoms with Gasteiger partial charge in [0.25, 0.3) is 0 Å². The van der Waals surface area contributed by atoms with Gasteiger partial charge >= 0.3 is 0 Å². The fourth-order valence-corrected chi connectivity index (χ4v) is 2.22. The van der Waals surface area contributed by atoms with Crippen molar-refractivity contribution in [2.75, 3.05) is 5.43 Å². The molecular weight excluding hydrogens is 298 g/mol. The Labute approximate surface area is 133 Å². The fourth-order valence-electron chi connectivity index (χ4n) is 2.04. The van der Waals surface area contributed by atoms with Crippen molar-refractivity contribution in [2.45, 2.75) is 6.92 Å². The van der Waals surface area contributed by atoms with Crippen LogP contribution in [0.4, 0.5) is 5.69 Å². The quantitative estimate of drug-likeness (QED) is 0.559. The number of rotatable bonds is 4. The Kier molecular flexibility index (Phi) is 4.21. The first kappa shape index (κ1) is 14.4. The van der Waals surface area contributed by atoms with E-state index in [1.54, 1.807) is 18.6 Å². The van der Waals surface area contributed by atoms with Crippen molar-refractivity contribution in [3.8, 4) is 11.3 Å². The lowest BCUT2D eigenvalue weighted by molar-refractivity contribution is 0.574. The molecule has 3 rings (SSSR count). The number of benzene rings is 1. The molecule has 0 saturated heterocycles. The molecule has 0 fully saturated rings. The van der Waals surface area contributed by atoms with Crippen LogP contribution in [-0.4, -0.2) is 11.2 Å².